The van der Waals surface area contributed by atoms with Crippen molar-refractivity contribution in [3.8, 4) is 5.75 Å². The van der Waals surface area contributed by atoms with Crippen molar-refractivity contribution in [3.63, 3.8) is 0 Å². The molecule has 104 valence electrons. The molecule has 2 rings (SSSR count). The Morgan fingerprint density at radius 3 is 2.10 bits per heavy atom. The van der Waals surface area contributed by atoms with E-state index in [-0.39, 0.29) is 13.0 Å². The molecule has 0 heterocycles. The fourth-order valence-corrected chi connectivity index (χ4v) is 1.70. The van der Waals surface area contributed by atoms with Gasteiger partial charge in [-0.3, -0.25) is 4.79 Å². The number of hydrogen-bond donors (Lipinski definition) is 1. The lowest BCUT2D eigenvalue weighted by molar-refractivity contribution is -0.136. The van der Waals surface area contributed by atoms with E-state index in [1.54, 1.807) is 24.3 Å². The summed E-state index contributed by atoms with van der Waals surface area (Å²) in [6.45, 7) is 0.00516. The molecule has 0 radical (unpaired) electrons. The first-order valence-corrected chi connectivity index (χ1v) is 5.92. The second-order valence-electron chi connectivity index (χ2n) is 4.23. The zero-order chi connectivity index (χ0) is 14.5. The maximum atomic E-state index is 13.3. The topological polar surface area (TPSA) is 46.5 Å². The van der Waals surface area contributed by atoms with Crippen LogP contribution in [0.15, 0.2) is 42.5 Å². The van der Waals surface area contributed by atoms with Crippen LogP contribution < -0.4 is 4.74 Å². The minimum absolute atomic E-state index is 0.00516. The van der Waals surface area contributed by atoms with Crippen molar-refractivity contribution in [2.24, 2.45) is 0 Å². The van der Waals surface area contributed by atoms with Gasteiger partial charge in [0.05, 0.1) is 6.42 Å². The van der Waals surface area contributed by atoms with E-state index >= 15 is 0 Å². The minimum Gasteiger partial charge on any atom is -0.483 e. The number of carboxylic acids is 1. The van der Waals surface area contributed by atoms with E-state index in [0.717, 1.165) is 12.1 Å². The average Bonchev–Trinajstić information content (AvgIpc) is 2.39. The Morgan fingerprint density at radius 1 is 1.00 bits per heavy atom. The highest BCUT2D eigenvalue weighted by Gasteiger charge is 2.09. The largest absolute Gasteiger partial charge is 0.483 e. The Bertz CT molecular complexity index is 589. The quantitative estimate of drug-likeness (QED) is 0.913. The van der Waals surface area contributed by atoms with E-state index in [0.29, 0.717) is 11.1 Å². The first-order chi connectivity index (χ1) is 9.56. The Labute approximate surface area is 114 Å². The van der Waals surface area contributed by atoms with Gasteiger partial charge in [-0.2, -0.15) is 0 Å². The number of para-hydroxylation sites is 1. The lowest BCUT2D eigenvalue weighted by Gasteiger charge is -2.08. The fourth-order valence-electron chi connectivity index (χ4n) is 1.70. The summed E-state index contributed by atoms with van der Waals surface area (Å²) in [4.78, 5) is 10.5. The molecule has 0 saturated heterocycles. The molecule has 0 aromatic heterocycles. The molecule has 0 aliphatic rings. The van der Waals surface area contributed by atoms with Gasteiger partial charge in [0.25, 0.3) is 0 Å². The maximum absolute atomic E-state index is 13.3. The normalized spacial score (nSPS) is 10.3. The molecule has 0 fully saturated rings. The van der Waals surface area contributed by atoms with E-state index in [1.807, 2.05) is 0 Å². The summed E-state index contributed by atoms with van der Waals surface area (Å²) in [5, 5.41) is 8.64. The number of ether oxygens (including phenoxy) is 1. The Morgan fingerprint density at radius 2 is 1.55 bits per heavy atom. The minimum atomic E-state index is -0.914. The molecule has 3 nitrogen and oxygen atoms in total. The zero-order valence-corrected chi connectivity index (χ0v) is 10.5. The second kappa shape index (κ2) is 6.14. The molecule has 1 N–H and O–H groups in total. The highest BCUT2D eigenvalue weighted by atomic mass is 19.1. The van der Waals surface area contributed by atoms with E-state index in [1.165, 1.54) is 6.07 Å². The van der Waals surface area contributed by atoms with Crippen LogP contribution in [0.5, 0.6) is 5.75 Å². The van der Waals surface area contributed by atoms with Crippen molar-refractivity contribution >= 4 is 5.97 Å². The summed E-state index contributed by atoms with van der Waals surface area (Å²) in [6.07, 6.45) is -0.0664. The van der Waals surface area contributed by atoms with Gasteiger partial charge in [0, 0.05) is 0 Å². The van der Waals surface area contributed by atoms with Crippen molar-refractivity contribution in [2.75, 3.05) is 0 Å². The van der Waals surface area contributed by atoms with Gasteiger partial charge in [-0.25, -0.2) is 8.78 Å². The molecule has 2 aromatic rings. The van der Waals surface area contributed by atoms with Crippen molar-refractivity contribution in [1.82, 2.24) is 0 Å². The lowest BCUT2D eigenvalue weighted by Crippen LogP contribution is -2.02. The molecule has 0 aliphatic carbocycles. The highest BCUT2D eigenvalue weighted by molar-refractivity contribution is 5.70. The first kappa shape index (κ1) is 14.0. The van der Waals surface area contributed by atoms with Gasteiger partial charge in [0.1, 0.15) is 6.61 Å². The number of benzene rings is 2. The van der Waals surface area contributed by atoms with E-state index in [2.05, 4.69) is 0 Å². The summed E-state index contributed by atoms with van der Waals surface area (Å²) in [7, 11) is 0. The van der Waals surface area contributed by atoms with Gasteiger partial charge in [-0.15, -0.1) is 0 Å². The molecule has 0 saturated carbocycles. The van der Waals surface area contributed by atoms with Crippen LogP contribution >= 0.6 is 0 Å². The van der Waals surface area contributed by atoms with Gasteiger partial charge in [0.2, 0.25) is 0 Å². The van der Waals surface area contributed by atoms with Crippen molar-refractivity contribution < 1.29 is 23.4 Å². The summed E-state index contributed by atoms with van der Waals surface area (Å²) in [5.74, 6) is -2.84. The predicted molar refractivity (Wildman–Crippen MR) is 68.5 cm³/mol. The molecule has 2 aromatic carbocycles. The SMILES string of the molecule is O=C(O)Cc1ccc(COc2c(F)cccc2F)cc1. The van der Waals surface area contributed by atoms with Crippen LogP contribution in [0.2, 0.25) is 0 Å². The number of aliphatic carboxylic acids is 1. The van der Waals surface area contributed by atoms with Crippen molar-refractivity contribution in [3.05, 3.63) is 65.2 Å². The Balaban J connectivity index is 2.02. The van der Waals surface area contributed by atoms with Gasteiger partial charge in [-0.1, -0.05) is 30.3 Å². The van der Waals surface area contributed by atoms with Gasteiger partial charge in [-0.05, 0) is 23.3 Å². The molecular weight excluding hydrogens is 266 g/mol. The summed E-state index contributed by atoms with van der Waals surface area (Å²) >= 11 is 0. The van der Waals surface area contributed by atoms with Crippen LogP contribution in [0.25, 0.3) is 0 Å². The van der Waals surface area contributed by atoms with Crippen LogP contribution in [0.3, 0.4) is 0 Å². The number of halogens is 2. The molecule has 5 heteroatoms. The van der Waals surface area contributed by atoms with Crippen molar-refractivity contribution in [2.45, 2.75) is 13.0 Å². The van der Waals surface area contributed by atoms with E-state index in [4.69, 9.17) is 9.84 Å². The monoisotopic (exact) mass is 278 g/mol. The number of carbonyl (C=O) groups is 1. The first-order valence-electron chi connectivity index (χ1n) is 5.92. The van der Waals surface area contributed by atoms with Crippen molar-refractivity contribution in [1.29, 1.82) is 0 Å². The fraction of sp³-hybridized carbons (Fsp3) is 0.133. The standard InChI is InChI=1S/C15H12F2O3/c16-12-2-1-3-13(17)15(12)20-9-11-6-4-10(5-7-11)8-14(18)19/h1-7H,8-9H2,(H,18,19). The van der Waals surface area contributed by atoms with E-state index in [9.17, 15) is 13.6 Å². The van der Waals surface area contributed by atoms with Gasteiger partial charge in [0.15, 0.2) is 17.4 Å². The van der Waals surface area contributed by atoms with Crippen LogP contribution in [-0.4, -0.2) is 11.1 Å². The third-order valence-corrected chi connectivity index (χ3v) is 2.68. The number of carboxylic acid groups (broad SMARTS) is 1. The second-order valence-corrected chi connectivity index (χ2v) is 4.23. The van der Waals surface area contributed by atoms with Crippen LogP contribution in [0.1, 0.15) is 11.1 Å². The summed E-state index contributed by atoms with van der Waals surface area (Å²) in [5.41, 5.74) is 1.35. The zero-order valence-electron chi connectivity index (χ0n) is 10.5. The third kappa shape index (κ3) is 3.54. The number of hydrogen-bond acceptors (Lipinski definition) is 2. The third-order valence-electron chi connectivity index (χ3n) is 2.68. The molecule has 0 aliphatic heterocycles. The average molecular weight is 278 g/mol. The molecule has 0 unspecified atom stereocenters. The van der Waals surface area contributed by atoms with Gasteiger partial charge >= 0.3 is 5.97 Å². The molecule has 20 heavy (non-hydrogen) atoms. The Kier molecular flexibility index (Phi) is 4.30. The van der Waals surface area contributed by atoms with Crippen LogP contribution in [0.4, 0.5) is 8.78 Å². The Hall–Kier alpha value is -2.43. The smallest absolute Gasteiger partial charge is 0.307 e. The maximum Gasteiger partial charge on any atom is 0.307 e. The van der Waals surface area contributed by atoms with Crippen LogP contribution in [-0.2, 0) is 17.8 Å². The molecule has 0 bridgehead atoms. The van der Waals surface area contributed by atoms with Crippen LogP contribution in [0, 0.1) is 11.6 Å². The number of rotatable bonds is 5. The molecule has 0 atom stereocenters. The predicted octanol–water partition coefficient (Wildman–Crippen LogP) is 3.17. The molecular formula is C15H12F2O3. The molecule has 0 spiro atoms. The molecule has 0 amide bonds. The summed E-state index contributed by atoms with van der Waals surface area (Å²) in [6, 6.07) is 10.1. The van der Waals surface area contributed by atoms with Gasteiger partial charge < -0.3 is 9.84 Å². The summed E-state index contributed by atoms with van der Waals surface area (Å²) < 4.78 is 31.8. The highest BCUT2D eigenvalue weighted by Crippen LogP contribution is 2.22. The van der Waals surface area contributed by atoms with E-state index < -0.39 is 23.4 Å². The lowest BCUT2D eigenvalue weighted by atomic mass is 10.1.